The van der Waals surface area contributed by atoms with Crippen LogP contribution in [0.5, 0.6) is 0 Å². The third-order valence-corrected chi connectivity index (χ3v) is 3.29. The Kier molecular flexibility index (Phi) is 3.61. The predicted molar refractivity (Wildman–Crippen MR) is 59.1 cm³/mol. The van der Waals surface area contributed by atoms with Gasteiger partial charge in [-0.15, -0.1) is 0 Å². The highest BCUT2D eigenvalue weighted by atomic mass is 16.5. The van der Waals surface area contributed by atoms with Crippen molar-refractivity contribution < 1.29 is 9.47 Å². The Morgan fingerprint density at radius 3 is 2.93 bits per heavy atom. The minimum absolute atomic E-state index is 0.0534. The molecule has 88 valence electrons. The molecule has 4 heteroatoms. The van der Waals surface area contributed by atoms with E-state index in [0.717, 1.165) is 45.9 Å². The van der Waals surface area contributed by atoms with Gasteiger partial charge in [0.15, 0.2) is 0 Å². The highest BCUT2D eigenvalue weighted by molar-refractivity contribution is 4.90. The molecule has 2 fully saturated rings. The van der Waals surface area contributed by atoms with Gasteiger partial charge in [0.2, 0.25) is 0 Å². The van der Waals surface area contributed by atoms with E-state index in [1.54, 1.807) is 0 Å². The zero-order valence-electron chi connectivity index (χ0n) is 9.79. The largest absolute Gasteiger partial charge is 0.373 e. The molecule has 0 aliphatic carbocycles. The number of rotatable bonds is 4. The van der Waals surface area contributed by atoms with Crippen LogP contribution in [-0.2, 0) is 9.47 Å². The zero-order valence-corrected chi connectivity index (χ0v) is 9.79. The van der Waals surface area contributed by atoms with Crippen molar-refractivity contribution in [1.82, 2.24) is 10.2 Å². The Bertz CT molecular complexity index is 207. The van der Waals surface area contributed by atoms with Gasteiger partial charge in [-0.1, -0.05) is 6.92 Å². The summed E-state index contributed by atoms with van der Waals surface area (Å²) < 4.78 is 11.6. The topological polar surface area (TPSA) is 33.7 Å². The lowest BCUT2D eigenvalue weighted by molar-refractivity contribution is -0.128. The second-order valence-corrected chi connectivity index (χ2v) is 4.75. The molecule has 15 heavy (non-hydrogen) atoms. The first kappa shape index (κ1) is 11.3. The molecule has 0 aromatic rings. The summed E-state index contributed by atoms with van der Waals surface area (Å²) in [4.78, 5) is 2.42. The lowest BCUT2D eigenvalue weighted by Crippen LogP contribution is -2.60. The summed E-state index contributed by atoms with van der Waals surface area (Å²) >= 11 is 0. The molecule has 0 bridgehead atoms. The first-order valence-corrected chi connectivity index (χ1v) is 5.90. The minimum Gasteiger partial charge on any atom is -0.373 e. The summed E-state index contributed by atoms with van der Waals surface area (Å²) in [6.45, 7) is 11.1. The van der Waals surface area contributed by atoms with Gasteiger partial charge in [-0.05, 0) is 13.5 Å². The molecule has 2 rings (SSSR count). The van der Waals surface area contributed by atoms with Crippen molar-refractivity contribution in [3.63, 3.8) is 0 Å². The van der Waals surface area contributed by atoms with Gasteiger partial charge >= 0.3 is 0 Å². The second-order valence-electron chi connectivity index (χ2n) is 4.75. The van der Waals surface area contributed by atoms with Crippen molar-refractivity contribution in [2.75, 3.05) is 45.9 Å². The van der Waals surface area contributed by atoms with Gasteiger partial charge in [0, 0.05) is 26.2 Å². The number of nitrogens with zero attached hydrogens (tertiary/aromatic N) is 1. The lowest BCUT2D eigenvalue weighted by Gasteiger charge is -2.41. The van der Waals surface area contributed by atoms with Crippen LogP contribution in [0.15, 0.2) is 0 Å². The fraction of sp³-hybridized carbons (Fsp3) is 1.00. The second kappa shape index (κ2) is 4.78. The number of morpholine rings is 1. The van der Waals surface area contributed by atoms with Crippen molar-refractivity contribution in [2.45, 2.75) is 25.6 Å². The molecule has 2 aliphatic rings. The number of nitrogens with one attached hydrogen (secondary N) is 1. The Labute approximate surface area is 91.9 Å². The molecule has 0 radical (unpaired) electrons. The van der Waals surface area contributed by atoms with Gasteiger partial charge < -0.3 is 14.8 Å². The molecule has 1 atom stereocenters. The summed E-state index contributed by atoms with van der Waals surface area (Å²) in [7, 11) is 0. The molecular weight excluding hydrogens is 192 g/mol. The van der Waals surface area contributed by atoms with E-state index >= 15 is 0 Å². The maximum atomic E-state index is 5.88. The normalized spacial score (nSPS) is 31.2. The monoisotopic (exact) mass is 214 g/mol. The lowest BCUT2D eigenvalue weighted by atomic mass is 10.00. The standard InChI is InChI=1S/C11H22N2O2/c1-3-13-4-5-14-10(6-13)7-15-11(2)8-12-9-11/h10,12H,3-9H2,1-2H3. The molecule has 4 nitrogen and oxygen atoms in total. The van der Waals surface area contributed by atoms with E-state index < -0.39 is 0 Å². The fourth-order valence-electron chi connectivity index (χ4n) is 2.04. The van der Waals surface area contributed by atoms with Crippen LogP contribution in [0.1, 0.15) is 13.8 Å². The number of likely N-dealkylation sites (N-methyl/N-ethyl adjacent to an activating group) is 1. The smallest absolute Gasteiger partial charge is 0.0935 e. The van der Waals surface area contributed by atoms with E-state index in [1.165, 1.54) is 0 Å². The van der Waals surface area contributed by atoms with Crippen LogP contribution in [0.2, 0.25) is 0 Å². The van der Waals surface area contributed by atoms with Gasteiger partial charge in [-0.2, -0.15) is 0 Å². The van der Waals surface area contributed by atoms with Crippen molar-refractivity contribution in [3.05, 3.63) is 0 Å². The van der Waals surface area contributed by atoms with Crippen LogP contribution in [0.3, 0.4) is 0 Å². The number of hydrogen-bond acceptors (Lipinski definition) is 4. The first-order chi connectivity index (χ1) is 7.22. The van der Waals surface area contributed by atoms with Crippen molar-refractivity contribution >= 4 is 0 Å². The highest BCUT2D eigenvalue weighted by Crippen LogP contribution is 2.17. The molecule has 0 amide bonds. The van der Waals surface area contributed by atoms with Crippen LogP contribution in [-0.4, -0.2) is 62.5 Å². The molecule has 0 spiro atoms. The minimum atomic E-state index is 0.0534. The van der Waals surface area contributed by atoms with E-state index in [9.17, 15) is 0 Å². The average molecular weight is 214 g/mol. The van der Waals surface area contributed by atoms with Crippen molar-refractivity contribution in [1.29, 1.82) is 0 Å². The van der Waals surface area contributed by atoms with Crippen LogP contribution in [0.4, 0.5) is 0 Å². The Hall–Kier alpha value is -0.160. The summed E-state index contributed by atoms with van der Waals surface area (Å²) in [5.74, 6) is 0. The molecule has 2 heterocycles. The third-order valence-electron chi connectivity index (χ3n) is 3.29. The van der Waals surface area contributed by atoms with E-state index in [1.807, 2.05) is 0 Å². The maximum absolute atomic E-state index is 5.88. The van der Waals surface area contributed by atoms with Gasteiger partial charge in [-0.3, -0.25) is 4.90 Å². The van der Waals surface area contributed by atoms with E-state index in [0.29, 0.717) is 0 Å². The molecule has 2 saturated heterocycles. The summed E-state index contributed by atoms with van der Waals surface area (Å²) in [5, 5.41) is 3.23. The Morgan fingerprint density at radius 1 is 1.53 bits per heavy atom. The third kappa shape index (κ3) is 2.91. The van der Waals surface area contributed by atoms with Crippen LogP contribution >= 0.6 is 0 Å². The summed E-state index contributed by atoms with van der Waals surface area (Å²) in [5.41, 5.74) is 0.0534. The SMILES string of the molecule is CCN1CCOC(COC2(C)CNC2)C1. The Balaban J connectivity index is 1.69. The van der Waals surface area contributed by atoms with E-state index in [2.05, 4.69) is 24.1 Å². The quantitative estimate of drug-likeness (QED) is 0.719. The van der Waals surface area contributed by atoms with Gasteiger partial charge in [-0.25, -0.2) is 0 Å². The number of hydrogen-bond donors (Lipinski definition) is 1. The van der Waals surface area contributed by atoms with E-state index in [-0.39, 0.29) is 11.7 Å². The highest BCUT2D eigenvalue weighted by Gasteiger charge is 2.33. The fourth-order valence-corrected chi connectivity index (χ4v) is 2.04. The van der Waals surface area contributed by atoms with Crippen molar-refractivity contribution in [3.8, 4) is 0 Å². The zero-order chi connectivity index (χ0) is 10.7. The predicted octanol–water partition coefficient (Wildman–Crippen LogP) is 0.0856. The molecule has 2 aliphatic heterocycles. The molecule has 0 saturated carbocycles. The average Bonchev–Trinajstić information content (AvgIpc) is 2.24. The molecule has 1 N–H and O–H groups in total. The molecule has 1 unspecified atom stereocenters. The Morgan fingerprint density at radius 2 is 2.33 bits per heavy atom. The van der Waals surface area contributed by atoms with Gasteiger partial charge in [0.25, 0.3) is 0 Å². The first-order valence-electron chi connectivity index (χ1n) is 5.90. The van der Waals surface area contributed by atoms with E-state index in [4.69, 9.17) is 9.47 Å². The molecular formula is C11H22N2O2. The molecule has 0 aromatic heterocycles. The van der Waals surface area contributed by atoms with Crippen molar-refractivity contribution in [2.24, 2.45) is 0 Å². The summed E-state index contributed by atoms with van der Waals surface area (Å²) in [6, 6.07) is 0. The number of ether oxygens (including phenoxy) is 2. The van der Waals surface area contributed by atoms with Crippen LogP contribution in [0, 0.1) is 0 Å². The van der Waals surface area contributed by atoms with Gasteiger partial charge in [0.05, 0.1) is 24.9 Å². The van der Waals surface area contributed by atoms with Crippen LogP contribution < -0.4 is 5.32 Å². The van der Waals surface area contributed by atoms with Gasteiger partial charge in [0.1, 0.15) is 0 Å². The summed E-state index contributed by atoms with van der Waals surface area (Å²) in [6.07, 6.45) is 0.260. The molecule has 0 aromatic carbocycles. The maximum Gasteiger partial charge on any atom is 0.0935 e. The van der Waals surface area contributed by atoms with Crippen LogP contribution in [0.25, 0.3) is 0 Å².